The second-order valence-electron chi connectivity index (χ2n) is 5.26. The van der Waals surface area contributed by atoms with Crippen LogP contribution in [0.3, 0.4) is 0 Å². The molecule has 2 aromatic rings. The number of aromatic nitrogens is 3. The van der Waals surface area contributed by atoms with Crippen LogP contribution in [-0.2, 0) is 0 Å². The first-order chi connectivity index (χ1) is 10.7. The summed E-state index contributed by atoms with van der Waals surface area (Å²) in [4.78, 5) is 8.23. The molecule has 0 saturated carbocycles. The Bertz CT molecular complexity index is 681. The number of aliphatic imine (C=N–C) groups is 1. The van der Waals surface area contributed by atoms with Crippen LogP contribution in [0.4, 0.5) is 0 Å². The summed E-state index contributed by atoms with van der Waals surface area (Å²) in [6.45, 7) is 4.20. The minimum absolute atomic E-state index is 0.786. The number of hydrogen-bond acceptors (Lipinski definition) is 4. The number of hydrogen-bond donors (Lipinski definition) is 0. The van der Waals surface area contributed by atoms with E-state index < -0.39 is 0 Å². The van der Waals surface area contributed by atoms with Crippen molar-refractivity contribution in [2.45, 2.75) is 19.8 Å². The first kappa shape index (κ1) is 15.0. The molecule has 1 aromatic heterocycles. The van der Waals surface area contributed by atoms with Crippen LogP contribution >= 0.6 is 15.9 Å². The maximum absolute atomic E-state index is 4.47. The second-order valence-corrected chi connectivity index (χ2v) is 6.17. The quantitative estimate of drug-likeness (QED) is 0.786. The fraction of sp³-hybridized carbons (Fsp3) is 0.312. The van der Waals surface area contributed by atoms with Gasteiger partial charge in [-0.15, -0.1) is 5.10 Å². The van der Waals surface area contributed by atoms with Gasteiger partial charge in [0.2, 0.25) is 0 Å². The number of nitrogens with zero attached hydrogens (tertiary/aromatic N) is 5. The van der Waals surface area contributed by atoms with Crippen molar-refractivity contribution in [3.8, 4) is 5.69 Å². The van der Waals surface area contributed by atoms with Crippen LogP contribution in [0.5, 0.6) is 0 Å². The molecule has 0 aliphatic carbocycles. The summed E-state index contributed by atoms with van der Waals surface area (Å²) in [5.41, 5.74) is 2.58. The summed E-state index contributed by atoms with van der Waals surface area (Å²) in [6.07, 6.45) is 8.16. The third kappa shape index (κ3) is 3.62. The Hall–Kier alpha value is -1.95. The maximum atomic E-state index is 4.47. The van der Waals surface area contributed by atoms with E-state index in [2.05, 4.69) is 36.0 Å². The number of benzene rings is 1. The van der Waals surface area contributed by atoms with E-state index in [4.69, 9.17) is 0 Å². The van der Waals surface area contributed by atoms with Crippen LogP contribution in [-0.4, -0.2) is 39.2 Å². The Labute approximate surface area is 138 Å². The lowest BCUT2D eigenvalue weighted by Crippen LogP contribution is -2.09. The fourth-order valence-electron chi connectivity index (χ4n) is 2.34. The van der Waals surface area contributed by atoms with E-state index in [9.17, 15) is 0 Å². The van der Waals surface area contributed by atoms with E-state index in [0.29, 0.717) is 0 Å². The lowest BCUT2D eigenvalue weighted by molar-refractivity contribution is 0.467. The minimum Gasteiger partial charge on any atom is -0.376 e. The van der Waals surface area contributed by atoms with Crippen LogP contribution in [0, 0.1) is 6.92 Å². The highest BCUT2D eigenvalue weighted by Gasteiger charge is 2.07. The van der Waals surface area contributed by atoms with Crippen molar-refractivity contribution in [3.63, 3.8) is 0 Å². The SMILES string of the molecule is Cc1nn(-c2ccc(Br)cc2)nc1C=N/C=C/N1CCCC1. The van der Waals surface area contributed by atoms with E-state index in [1.807, 2.05) is 43.6 Å². The van der Waals surface area contributed by atoms with Gasteiger partial charge in [0.15, 0.2) is 0 Å². The van der Waals surface area contributed by atoms with E-state index in [-0.39, 0.29) is 0 Å². The molecule has 0 radical (unpaired) electrons. The summed E-state index contributed by atoms with van der Waals surface area (Å²) < 4.78 is 1.04. The van der Waals surface area contributed by atoms with Crippen LogP contribution in [0.1, 0.15) is 24.2 Å². The predicted octanol–water partition coefficient (Wildman–Crippen LogP) is 3.32. The zero-order valence-corrected chi connectivity index (χ0v) is 14.1. The lowest BCUT2D eigenvalue weighted by Gasteiger charge is -2.08. The molecule has 1 aromatic carbocycles. The van der Waals surface area contributed by atoms with E-state index in [1.54, 1.807) is 11.0 Å². The van der Waals surface area contributed by atoms with Crippen molar-refractivity contribution in [2.24, 2.45) is 4.99 Å². The van der Waals surface area contributed by atoms with Crippen molar-refractivity contribution in [1.29, 1.82) is 0 Å². The molecule has 0 spiro atoms. The lowest BCUT2D eigenvalue weighted by atomic mass is 10.3. The monoisotopic (exact) mass is 359 g/mol. The van der Waals surface area contributed by atoms with Gasteiger partial charge in [-0.05, 0) is 44.0 Å². The molecule has 1 aliphatic heterocycles. The predicted molar refractivity (Wildman–Crippen MR) is 91.3 cm³/mol. The van der Waals surface area contributed by atoms with Gasteiger partial charge in [0.05, 0.1) is 17.6 Å². The summed E-state index contributed by atoms with van der Waals surface area (Å²) in [6, 6.07) is 7.89. The van der Waals surface area contributed by atoms with Gasteiger partial charge in [0.25, 0.3) is 0 Å². The largest absolute Gasteiger partial charge is 0.376 e. The molecule has 114 valence electrons. The average Bonchev–Trinajstić information content (AvgIpc) is 3.15. The summed E-state index contributed by atoms with van der Waals surface area (Å²) in [5, 5.41) is 8.90. The molecule has 0 N–H and O–H groups in total. The highest BCUT2D eigenvalue weighted by molar-refractivity contribution is 9.10. The molecule has 2 heterocycles. The maximum Gasteiger partial charge on any atom is 0.127 e. The molecular formula is C16H18BrN5. The first-order valence-electron chi connectivity index (χ1n) is 7.36. The van der Waals surface area contributed by atoms with Crippen molar-refractivity contribution < 1.29 is 0 Å². The molecule has 3 rings (SSSR count). The summed E-state index contributed by atoms with van der Waals surface area (Å²) >= 11 is 3.42. The topological polar surface area (TPSA) is 46.3 Å². The Morgan fingerprint density at radius 2 is 1.86 bits per heavy atom. The molecule has 0 bridgehead atoms. The van der Waals surface area contributed by atoms with E-state index in [1.165, 1.54) is 12.8 Å². The normalized spacial score (nSPS) is 15.5. The van der Waals surface area contributed by atoms with Gasteiger partial charge in [-0.1, -0.05) is 15.9 Å². The molecule has 1 fully saturated rings. The number of rotatable bonds is 4. The van der Waals surface area contributed by atoms with Gasteiger partial charge in [-0.3, -0.25) is 4.99 Å². The van der Waals surface area contributed by atoms with E-state index >= 15 is 0 Å². The molecule has 5 nitrogen and oxygen atoms in total. The molecule has 22 heavy (non-hydrogen) atoms. The van der Waals surface area contributed by atoms with Gasteiger partial charge in [-0.2, -0.15) is 9.90 Å². The second kappa shape index (κ2) is 6.87. The zero-order valence-electron chi connectivity index (χ0n) is 12.5. The van der Waals surface area contributed by atoms with Crippen molar-refractivity contribution >= 4 is 22.1 Å². The Morgan fingerprint density at radius 1 is 1.14 bits per heavy atom. The molecule has 0 atom stereocenters. The van der Waals surface area contributed by atoms with Crippen LogP contribution in [0.25, 0.3) is 5.69 Å². The number of aryl methyl sites for hydroxylation is 1. The zero-order chi connectivity index (χ0) is 15.4. The molecule has 1 aliphatic rings. The van der Waals surface area contributed by atoms with Crippen molar-refractivity contribution in [2.75, 3.05) is 13.1 Å². The average molecular weight is 360 g/mol. The van der Waals surface area contributed by atoms with Crippen LogP contribution < -0.4 is 0 Å². The third-order valence-corrected chi connectivity index (χ3v) is 4.11. The third-order valence-electron chi connectivity index (χ3n) is 3.58. The molecule has 0 amide bonds. The number of likely N-dealkylation sites (tertiary alicyclic amines) is 1. The van der Waals surface area contributed by atoms with Gasteiger partial charge in [0, 0.05) is 30.0 Å². The van der Waals surface area contributed by atoms with Crippen molar-refractivity contribution in [1.82, 2.24) is 19.9 Å². The van der Waals surface area contributed by atoms with Crippen molar-refractivity contribution in [3.05, 3.63) is 52.5 Å². The first-order valence-corrected chi connectivity index (χ1v) is 8.15. The highest BCUT2D eigenvalue weighted by atomic mass is 79.9. The smallest absolute Gasteiger partial charge is 0.127 e. The van der Waals surface area contributed by atoms with Crippen LogP contribution in [0.15, 0.2) is 46.1 Å². The Balaban J connectivity index is 1.70. The van der Waals surface area contributed by atoms with Gasteiger partial charge >= 0.3 is 0 Å². The molecule has 0 unspecified atom stereocenters. The van der Waals surface area contributed by atoms with Gasteiger partial charge in [-0.25, -0.2) is 0 Å². The van der Waals surface area contributed by atoms with Crippen LogP contribution in [0.2, 0.25) is 0 Å². The molecule has 1 saturated heterocycles. The van der Waals surface area contributed by atoms with Gasteiger partial charge in [0.1, 0.15) is 5.69 Å². The molecular weight excluding hydrogens is 342 g/mol. The molecule has 6 heteroatoms. The Morgan fingerprint density at radius 3 is 2.59 bits per heavy atom. The summed E-state index contributed by atoms with van der Waals surface area (Å²) in [7, 11) is 0. The minimum atomic E-state index is 0.786. The van der Waals surface area contributed by atoms with Gasteiger partial charge < -0.3 is 4.90 Å². The Kier molecular flexibility index (Phi) is 4.68. The fourth-order valence-corrected chi connectivity index (χ4v) is 2.60. The van der Waals surface area contributed by atoms with E-state index in [0.717, 1.165) is 34.6 Å². The summed E-state index contributed by atoms with van der Waals surface area (Å²) in [5.74, 6) is 0. The standard InChI is InChI=1S/C16H18BrN5/c1-13-16(12-18-8-11-21-9-2-3-10-21)20-22(19-13)15-6-4-14(17)5-7-15/h4-8,11-12H,2-3,9-10H2,1H3/b11-8+,18-12?. The highest BCUT2D eigenvalue weighted by Crippen LogP contribution is 2.13. The number of halogens is 1.